The average Bonchev–Trinajstić information content (AvgIpc) is 2.41. The summed E-state index contributed by atoms with van der Waals surface area (Å²) in [6.07, 6.45) is 0. The number of anilines is 1. The molecule has 2 rings (SSSR count). The van der Waals surface area contributed by atoms with Crippen molar-refractivity contribution in [3.05, 3.63) is 29.6 Å². The molecule has 1 atom stereocenters. The molecule has 1 aliphatic rings. The van der Waals surface area contributed by atoms with Gasteiger partial charge in [-0.25, -0.2) is 4.39 Å². The van der Waals surface area contributed by atoms with E-state index in [4.69, 9.17) is 10.5 Å². The first-order valence-corrected chi connectivity index (χ1v) is 5.68. The number of nitrogens with two attached hydrogens (primary N) is 1. The van der Waals surface area contributed by atoms with Gasteiger partial charge in [0.15, 0.2) is 0 Å². The predicted molar refractivity (Wildman–Crippen MR) is 63.5 cm³/mol. The Morgan fingerprint density at radius 1 is 1.61 bits per heavy atom. The van der Waals surface area contributed by atoms with Crippen molar-refractivity contribution in [2.45, 2.75) is 6.04 Å². The number of ether oxygens (including phenoxy) is 1. The highest BCUT2D eigenvalue weighted by Crippen LogP contribution is 2.20. The summed E-state index contributed by atoms with van der Waals surface area (Å²) in [4.78, 5) is 13.7. The number of carbonyl (C=O) groups is 1. The molecule has 3 N–H and O–H groups in total. The number of morpholine rings is 1. The fourth-order valence-electron chi connectivity index (χ4n) is 1.95. The van der Waals surface area contributed by atoms with Gasteiger partial charge in [0.1, 0.15) is 5.82 Å². The number of aliphatic hydroxyl groups is 1. The van der Waals surface area contributed by atoms with Gasteiger partial charge in [-0.3, -0.25) is 4.79 Å². The molecular weight excluding hydrogens is 239 g/mol. The van der Waals surface area contributed by atoms with Gasteiger partial charge in [0.2, 0.25) is 0 Å². The van der Waals surface area contributed by atoms with Gasteiger partial charge in [-0.1, -0.05) is 6.07 Å². The van der Waals surface area contributed by atoms with Gasteiger partial charge >= 0.3 is 0 Å². The standard InChI is InChI=1S/C12H15FN2O3/c13-10-3-1-2-9(11(10)14)12(17)15-4-5-18-7-8(15)6-16/h1-3,8,16H,4-7,14H2. The van der Waals surface area contributed by atoms with Crippen LogP contribution in [0.1, 0.15) is 10.4 Å². The maximum Gasteiger partial charge on any atom is 0.256 e. The minimum Gasteiger partial charge on any atom is -0.396 e. The van der Waals surface area contributed by atoms with Gasteiger partial charge < -0.3 is 20.5 Å². The molecule has 1 heterocycles. The minimum atomic E-state index is -0.616. The molecule has 0 aromatic heterocycles. The maximum atomic E-state index is 13.3. The Labute approximate surface area is 104 Å². The zero-order valence-corrected chi connectivity index (χ0v) is 9.80. The van der Waals surface area contributed by atoms with Crippen molar-refractivity contribution in [1.82, 2.24) is 4.90 Å². The highest BCUT2D eigenvalue weighted by molar-refractivity contribution is 5.99. The molecule has 0 bridgehead atoms. The zero-order valence-electron chi connectivity index (χ0n) is 9.80. The first-order chi connectivity index (χ1) is 8.65. The summed E-state index contributed by atoms with van der Waals surface area (Å²) in [6.45, 7) is 0.843. The van der Waals surface area contributed by atoms with Crippen molar-refractivity contribution in [1.29, 1.82) is 0 Å². The second kappa shape index (κ2) is 5.32. The highest BCUT2D eigenvalue weighted by atomic mass is 19.1. The van der Waals surface area contributed by atoms with Crippen LogP contribution in [0.2, 0.25) is 0 Å². The van der Waals surface area contributed by atoms with Crippen LogP contribution in [0.5, 0.6) is 0 Å². The molecule has 0 radical (unpaired) electrons. The first-order valence-electron chi connectivity index (χ1n) is 5.68. The van der Waals surface area contributed by atoms with Crippen LogP contribution in [0.25, 0.3) is 0 Å². The van der Waals surface area contributed by atoms with E-state index >= 15 is 0 Å². The number of carbonyl (C=O) groups excluding carboxylic acids is 1. The quantitative estimate of drug-likeness (QED) is 0.741. The van der Waals surface area contributed by atoms with Crippen LogP contribution in [0.15, 0.2) is 18.2 Å². The Bertz CT molecular complexity index is 453. The van der Waals surface area contributed by atoms with Crippen molar-refractivity contribution >= 4 is 11.6 Å². The summed E-state index contributed by atoms with van der Waals surface area (Å²) in [7, 11) is 0. The van der Waals surface area contributed by atoms with Crippen LogP contribution in [0.4, 0.5) is 10.1 Å². The van der Waals surface area contributed by atoms with E-state index in [1.807, 2.05) is 0 Å². The molecular formula is C12H15FN2O3. The molecule has 0 aliphatic carbocycles. The van der Waals surface area contributed by atoms with Crippen molar-refractivity contribution < 1.29 is 19.0 Å². The van der Waals surface area contributed by atoms with Crippen molar-refractivity contribution in [2.75, 3.05) is 32.1 Å². The van der Waals surface area contributed by atoms with Crippen LogP contribution in [0.3, 0.4) is 0 Å². The van der Waals surface area contributed by atoms with Crippen LogP contribution in [-0.4, -0.2) is 48.3 Å². The molecule has 5 nitrogen and oxygen atoms in total. The second-order valence-corrected chi connectivity index (χ2v) is 4.11. The van der Waals surface area contributed by atoms with Crippen molar-refractivity contribution in [3.63, 3.8) is 0 Å². The Balaban J connectivity index is 2.27. The van der Waals surface area contributed by atoms with E-state index in [1.165, 1.54) is 23.1 Å². The van der Waals surface area contributed by atoms with E-state index in [2.05, 4.69) is 0 Å². The smallest absolute Gasteiger partial charge is 0.256 e. The summed E-state index contributed by atoms with van der Waals surface area (Å²) < 4.78 is 18.5. The summed E-state index contributed by atoms with van der Waals surface area (Å²) in [5, 5.41) is 9.20. The highest BCUT2D eigenvalue weighted by Gasteiger charge is 2.28. The average molecular weight is 254 g/mol. The van der Waals surface area contributed by atoms with Gasteiger partial charge in [0, 0.05) is 6.54 Å². The number of amides is 1. The molecule has 0 spiro atoms. The van der Waals surface area contributed by atoms with Crippen LogP contribution < -0.4 is 5.73 Å². The lowest BCUT2D eigenvalue weighted by Gasteiger charge is -2.34. The molecule has 0 saturated carbocycles. The van der Waals surface area contributed by atoms with Crippen LogP contribution in [-0.2, 0) is 4.74 Å². The van der Waals surface area contributed by atoms with Gasteiger partial charge in [-0.2, -0.15) is 0 Å². The van der Waals surface area contributed by atoms with Gasteiger partial charge in [-0.05, 0) is 12.1 Å². The normalized spacial score (nSPS) is 19.9. The van der Waals surface area contributed by atoms with Gasteiger partial charge in [-0.15, -0.1) is 0 Å². The monoisotopic (exact) mass is 254 g/mol. The van der Waals surface area contributed by atoms with Gasteiger partial charge in [0.05, 0.1) is 37.1 Å². The molecule has 1 aromatic carbocycles. The fourth-order valence-corrected chi connectivity index (χ4v) is 1.95. The summed E-state index contributed by atoms with van der Waals surface area (Å²) in [6, 6.07) is 3.71. The third-order valence-electron chi connectivity index (χ3n) is 2.98. The maximum absolute atomic E-state index is 13.3. The van der Waals surface area contributed by atoms with Gasteiger partial charge in [0.25, 0.3) is 5.91 Å². The zero-order chi connectivity index (χ0) is 13.1. The Kier molecular flexibility index (Phi) is 3.78. The van der Waals surface area contributed by atoms with E-state index in [-0.39, 0.29) is 30.4 Å². The number of rotatable bonds is 2. The molecule has 1 unspecified atom stereocenters. The first kappa shape index (κ1) is 12.8. The lowest BCUT2D eigenvalue weighted by molar-refractivity contribution is -0.0183. The molecule has 1 amide bonds. The number of aliphatic hydroxyl groups excluding tert-OH is 1. The van der Waals surface area contributed by atoms with Crippen molar-refractivity contribution in [2.24, 2.45) is 0 Å². The Morgan fingerprint density at radius 3 is 3.11 bits per heavy atom. The summed E-state index contributed by atoms with van der Waals surface area (Å²) in [5.41, 5.74) is 5.52. The molecule has 18 heavy (non-hydrogen) atoms. The topological polar surface area (TPSA) is 75.8 Å². The molecule has 6 heteroatoms. The van der Waals surface area contributed by atoms with Crippen molar-refractivity contribution in [3.8, 4) is 0 Å². The second-order valence-electron chi connectivity index (χ2n) is 4.11. The largest absolute Gasteiger partial charge is 0.396 e. The molecule has 1 fully saturated rings. The number of benzene rings is 1. The molecule has 98 valence electrons. The van der Waals surface area contributed by atoms with E-state index in [1.54, 1.807) is 0 Å². The fraction of sp³-hybridized carbons (Fsp3) is 0.417. The molecule has 1 saturated heterocycles. The molecule has 1 aliphatic heterocycles. The number of hydrogen-bond acceptors (Lipinski definition) is 4. The van der Waals surface area contributed by atoms with E-state index in [0.29, 0.717) is 13.2 Å². The van der Waals surface area contributed by atoms with Crippen LogP contribution >= 0.6 is 0 Å². The SMILES string of the molecule is Nc1c(F)cccc1C(=O)N1CCOCC1CO. The number of nitrogens with zero attached hydrogens (tertiary/aromatic N) is 1. The lowest BCUT2D eigenvalue weighted by Crippen LogP contribution is -2.50. The number of halogens is 1. The van der Waals surface area contributed by atoms with E-state index in [0.717, 1.165) is 0 Å². The predicted octanol–water partition coefficient (Wildman–Crippen LogP) is 0.241. The third kappa shape index (κ3) is 2.30. The van der Waals surface area contributed by atoms with Crippen LogP contribution in [0, 0.1) is 5.82 Å². The third-order valence-corrected chi connectivity index (χ3v) is 2.98. The summed E-state index contributed by atoms with van der Waals surface area (Å²) >= 11 is 0. The number of para-hydroxylation sites is 1. The Morgan fingerprint density at radius 2 is 2.39 bits per heavy atom. The summed E-state index contributed by atoms with van der Waals surface area (Å²) in [5.74, 6) is -0.996. The minimum absolute atomic E-state index is 0.121. The number of hydrogen-bond donors (Lipinski definition) is 2. The Hall–Kier alpha value is -1.66. The molecule has 1 aromatic rings. The number of nitrogen functional groups attached to an aromatic ring is 1. The van der Waals surface area contributed by atoms with E-state index < -0.39 is 11.9 Å². The van der Waals surface area contributed by atoms with E-state index in [9.17, 15) is 14.3 Å². The lowest BCUT2D eigenvalue weighted by atomic mass is 10.1.